The van der Waals surface area contributed by atoms with Crippen molar-refractivity contribution in [2.24, 2.45) is 4.40 Å². The topological polar surface area (TPSA) is 65.0 Å². The lowest BCUT2D eigenvalue weighted by atomic mass is 10.1. The van der Waals surface area contributed by atoms with Crippen LogP contribution in [0.5, 0.6) is 0 Å². The van der Waals surface area contributed by atoms with Gasteiger partial charge in [-0.2, -0.15) is 0 Å². The van der Waals surface area contributed by atoms with Crippen molar-refractivity contribution in [3.63, 3.8) is 0 Å². The molecule has 0 saturated carbocycles. The van der Waals surface area contributed by atoms with Gasteiger partial charge in [-0.05, 0) is 54.4 Å². The molecule has 0 aliphatic carbocycles. The Morgan fingerprint density at radius 1 is 1.38 bits per heavy atom. The largest absolute Gasteiger partial charge is 0.591 e. The molecule has 5 nitrogen and oxygen atoms in total. The maximum Gasteiger partial charge on any atom is 0.410 e. The Hall–Kier alpha value is -0.750. The zero-order chi connectivity index (χ0) is 16.3. The van der Waals surface area contributed by atoms with Gasteiger partial charge in [0.2, 0.25) is 0 Å². The van der Waals surface area contributed by atoms with Crippen LogP contribution in [-0.4, -0.2) is 44.7 Å². The molecule has 122 valence electrons. The van der Waals surface area contributed by atoms with Crippen molar-refractivity contribution in [3.8, 4) is 0 Å². The van der Waals surface area contributed by atoms with E-state index in [1.807, 2.05) is 41.5 Å². The molecule has 0 aromatic heterocycles. The summed E-state index contributed by atoms with van der Waals surface area (Å²) in [5.74, 6) is 0. The molecule has 1 amide bonds. The predicted molar refractivity (Wildman–Crippen MR) is 87.0 cm³/mol. The zero-order valence-electron chi connectivity index (χ0n) is 14.0. The van der Waals surface area contributed by atoms with Gasteiger partial charge < -0.3 is 14.2 Å². The molecule has 1 aliphatic heterocycles. The van der Waals surface area contributed by atoms with Crippen LogP contribution in [0.3, 0.4) is 0 Å². The summed E-state index contributed by atoms with van der Waals surface area (Å²) in [5, 5.41) is 0. The van der Waals surface area contributed by atoms with Crippen LogP contribution in [0.4, 0.5) is 4.79 Å². The van der Waals surface area contributed by atoms with E-state index in [0.29, 0.717) is 6.42 Å². The van der Waals surface area contributed by atoms with E-state index in [1.54, 1.807) is 11.1 Å². The van der Waals surface area contributed by atoms with Crippen molar-refractivity contribution in [1.82, 2.24) is 4.90 Å². The van der Waals surface area contributed by atoms with E-state index < -0.39 is 17.0 Å². The van der Waals surface area contributed by atoms with E-state index in [4.69, 9.17) is 4.74 Å². The quantitative estimate of drug-likeness (QED) is 0.592. The van der Waals surface area contributed by atoms with Gasteiger partial charge in [0.1, 0.15) is 21.7 Å². The van der Waals surface area contributed by atoms with Gasteiger partial charge in [-0.25, -0.2) is 4.79 Å². The van der Waals surface area contributed by atoms with Crippen LogP contribution in [0.1, 0.15) is 60.8 Å². The third-order valence-electron chi connectivity index (χ3n) is 3.08. The fourth-order valence-electron chi connectivity index (χ4n) is 2.03. The summed E-state index contributed by atoms with van der Waals surface area (Å²) >= 11 is -1.24. The predicted octanol–water partition coefficient (Wildman–Crippen LogP) is 3.31. The van der Waals surface area contributed by atoms with E-state index in [2.05, 4.69) is 4.40 Å². The maximum absolute atomic E-state index is 12.1. The van der Waals surface area contributed by atoms with Crippen molar-refractivity contribution in [1.29, 1.82) is 0 Å². The molecule has 1 fully saturated rings. The summed E-state index contributed by atoms with van der Waals surface area (Å²) in [4.78, 5) is 13.9. The number of amides is 1. The number of nitrogens with zero attached hydrogens (tertiary/aromatic N) is 2. The highest BCUT2D eigenvalue weighted by Crippen LogP contribution is 2.23. The Labute approximate surface area is 131 Å². The van der Waals surface area contributed by atoms with Crippen LogP contribution in [0.15, 0.2) is 4.40 Å². The summed E-state index contributed by atoms with van der Waals surface area (Å²) in [5.41, 5.74) is -0.480. The number of hydrogen-bond donors (Lipinski definition) is 0. The molecule has 1 saturated heterocycles. The minimum atomic E-state index is -1.24. The molecule has 1 heterocycles. The Balaban J connectivity index is 2.55. The highest BCUT2D eigenvalue weighted by Gasteiger charge is 2.32. The molecular formula is C15H28N2O3S. The molecule has 6 heteroatoms. The molecule has 0 aromatic rings. The normalized spacial score (nSPS) is 21.9. The minimum Gasteiger partial charge on any atom is -0.591 e. The standard InChI is InChI=1S/C15H28N2O3S/c1-14(2,3)20-13(18)17-11-7-8-12(17)9-10-16-21(19)15(4,5)6/h10,12H,7-9,11H2,1-6H3/t12-,21-/m0/s1. The van der Waals surface area contributed by atoms with Crippen molar-refractivity contribution >= 4 is 23.7 Å². The Morgan fingerprint density at radius 3 is 2.52 bits per heavy atom. The van der Waals surface area contributed by atoms with E-state index in [1.165, 1.54) is 0 Å². The maximum atomic E-state index is 12.1. The van der Waals surface area contributed by atoms with Gasteiger partial charge in [0.05, 0.1) is 6.21 Å². The molecule has 0 N–H and O–H groups in total. The van der Waals surface area contributed by atoms with Gasteiger partial charge in [0.15, 0.2) is 0 Å². The third kappa shape index (κ3) is 6.26. The van der Waals surface area contributed by atoms with Crippen molar-refractivity contribution in [2.45, 2.75) is 77.2 Å². The summed E-state index contributed by atoms with van der Waals surface area (Å²) < 4.78 is 21.0. The van der Waals surface area contributed by atoms with Crippen LogP contribution in [-0.2, 0) is 16.1 Å². The smallest absolute Gasteiger partial charge is 0.410 e. The van der Waals surface area contributed by atoms with Crippen LogP contribution in [0.2, 0.25) is 0 Å². The van der Waals surface area contributed by atoms with Gasteiger partial charge in [0.25, 0.3) is 0 Å². The Kier molecular flexibility index (Phi) is 6.11. The second-order valence-electron chi connectivity index (χ2n) is 7.36. The Morgan fingerprint density at radius 2 is 2.00 bits per heavy atom. The lowest BCUT2D eigenvalue weighted by molar-refractivity contribution is 0.0232. The third-order valence-corrected chi connectivity index (χ3v) is 4.47. The number of ether oxygens (including phenoxy) is 1. The molecule has 21 heavy (non-hydrogen) atoms. The zero-order valence-corrected chi connectivity index (χ0v) is 14.8. The molecule has 0 unspecified atom stereocenters. The number of likely N-dealkylation sites (tertiary alicyclic amines) is 1. The van der Waals surface area contributed by atoms with Gasteiger partial charge >= 0.3 is 6.09 Å². The highest BCUT2D eigenvalue weighted by atomic mass is 32.2. The monoisotopic (exact) mass is 316 g/mol. The molecule has 0 bridgehead atoms. The minimum absolute atomic E-state index is 0.0977. The number of rotatable bonds is 3. The summed E-state index contributed by atoms with van der Waals surface area (Å²) in [6.07, 6.45) is 3.96. The molecule has 0 radical (unpaired) electrons. The fraction of sp³-hybridized carbons (Fsp3) is 0.867. The number of hydrogen-bond acceptors (Lipinski definition) is 4. The SMILES string of the molecule is CC(C)(C)OC(=O)N1CCC[C@H]1CC=N[S@@+]([O-])C(C)(C)C. The average Bonchev–Trinajstić information content (AvgIpc) is 2.73. The second kappa shape index (κ2) is 7.01. The summed E-state index contributed by atoms with van der Waals surface area (Å²) in [6, 6.07) is 0.0977. The lowest BCUT2D eigenvalue weighted by Crippen LogP contribution is -2.40. The fourth-order valence-corrected chi connectivity index (χ4v) is 2.57. The van der Waals surface area contributed by atoms with Gasteiger partial charge in [0, 0.05) is 19.0 Å². The van der Waals surface area contributed by atoms with E-state index in [-0.39, 0.29) is 16.9 Å². The first-order valence-corrected chi connectivity index (χ1v) is 8.55. The average molecular weight is 316 g/mol. The van der Waals surface area contributed by atoms with Crippen molar-refractivity contribution in [3.05, 3.63) is 0 Å². The van der Waals surface area contributed by atoms with Gasteiger partial charge in [-0.1, -0.05) is 4.40 Å². The van der Waals surface area contributed by atoms with Crippen LogP contribution in [0, 0.1) is 0 Å². The van der Waals surface area contributed by atoms with Gasteiger partial charge in [-0.3, -0.25) is 0 Å². The van der Waals surface area contributed by atoms with Crippen molar-refractivity contribution < 1.29 is 14.1 Å². The molecule has 2 atom stereocenters. The molecule has 1 aliphatic rings. The van der Waals surface area contributed by atoms with Crippen molar-refractivity contribution in [2.75, 3.05) is 6.54 Å². The highest BCUT2D eigenvalue weighted by molar-refractivity contribution is 7.91. The molecular weight excluding hydrogens is 288 g/mol. The number of carbonyl (C=O) groups excluding carboxylic acids is 1. The van der Waals surface area contributed by atoms with Gasteiger partial charge in [-0.15, -0.1) is 0 Å². The van der Waals surface area contributed by atoms with E-state index >= 15 is 0 Å². The summed E-state index contributed by atoms with van der Waals surface area (Å²) in [6.45, 7) is 12.0. The van der Waals surface area contributed by atoms with E-state index in [0.717, 1.165) is 19.4 Å². The van der Waals surface area contributed by atoms with Crippen LogP contribution in [0.25, 0.3) is 0 Å². The first-order valence-electron chi connectivity index (χ1n) is 7.45. The first-order chi connectivity index (χ1) is 9.50. The summed E-state index contributed by atoms with van der Waals surface area (Å²) in [7, 11) is 0. The van der Waals surface area contributed by atoms with E-state index in [9.17, 15) is 9.35 Å². The van der Waals surface area contributed by atoms with Crippen LogP contribution < -0.4 is 0 Å². The molecule has 0 spiro atoms. The first kappa shape index (κ1) is 18.3. The van der Waals surface area contributed by atoms with Crippen LogP contribution >= 0.6 is 0 Å². The number of carbonyl (C=O) groups is 1. The molecule has 1 rings (SSSR count). The second-order valence-corrected chi connectivity index (χ2v) is 9.29. The Bertz CT molecular complexity index is 385. The molecule has 0 aromatic carbocycles. The lowest BCUT2D eigenvalue weighted by Gasteiger charge is -2.28.